The van der Waals surface area contributed by atoms with Crippen molar-refractivity contribution >= 4 is 15.8 Å². The van der Waals surface area contributed by atoms with Crippen molar-refractivity contribution in [2.45, 2.75) is 42.9 Å². The third-order valence-corrected chi connectivity index (χ3v) is 5.96. The van der Waals surface area contributed by atoms with Crippen molar-refractivity contribution in [3.8, 4) is 5.75 Å². The highest BCUT2D eigenvalue weighted by molar-refractivity contribution is 7.92. The standard InChI is InChI=1S/C16H19N3O3S/c20-23(21,13-5-6-15-12(9-13)7-8-22-15)19-16-10-14(17-18-16)11-3-1-2-4-11/h5-6,9-11H,1-4,7-8H2,(H2,17,18,19). The number of nitrogens with zero attached hydrogens (tertiary/aromatic N) is 1. The molecule has 2 aromatic rings. The molecule has 1 saturated carbocycles. The van der Waals surface area contributed by atoms with E-state index in [1.807, 2.05) is 6.07 Å². The van der Waals surface area contributed by atoms with Crippen LogP contribution in [0.15, 0.2) is 29.2 Å². The highest BCUT2D eigenvalue weighted by atomic mass is 32.2. The lowest BCUT2D eigenvalue weighted by Crippen LogP contribution is -2.13. The molecule has 0 amide bonds. The number of anilines is 1. The molecule has 0 spiro atoms. The molecule has 2 heterocycles. The van der Waals surface area contributed by atoms with Gasteiger partial charge < -0.3 is 4.74 Å². The first kappa shape index (κ1) is 14.6. The van der Waals surface area contributed by atoms with Crippen LogP contribution in [0.3, 0.4) is 0 Å². The number of aromatic amines is 1. The smallest absolute Gasteiger partial charge is 0.263 e. The second-order valence-corrected chi connectivity index (χ2v) is 7.85. The number of nitrogens with one attached hydrogen (secondary N) is 2. The van der Waals surface area contributed by atoms with E-state index in [0.29, 0.717) is 18.3 Å². The van der Waals surface area contributed by atoms with Crippen molar-refractivity contribution in [3.05, 3.63) is 35.5 Å². The van der Waals surface area contributed by atoms with E-state index >= 15 is 0 Å². The molecule has 2 aliphatic rings. The third-order valence-electron chi connectivity index (χ3n) is 4.60. The number of aromatic nitrogens is 2. The summed E-state index contributed by atoms with van der Waals surface area (Å²) in [6, 6.07) is 6.77. The average Bonchev–Trinajstić information content (AvgIpc) is 3.27. The number of fused-ring (bicyclic) bond motifs is 1. The Morgan fingerprint density at radius 1 is 1.22 bits per heavy atom. The van der Waals surface area contributed by atoms with Gasteiger partial charge >= 0.3 is 0 Å². The van der Waals surface area contributed by atoms with E-state index in [4.69, 9.17) is 4.74 Å². The van der Waals surface area contributed by atoms with Crippen LogP contribution in [0.5, 0.6) is 5.75 Å². The summed E-state index contributed by atoms with van der Waals surface area (Å²) in [6.07, 6.45) is 5.47. The summed E-state index contributed by atoms with van der Waals surface area (Å²) in [6.45, 7) is 0.608. The molecule has 0 saturated heterocycles. The van der Waals surface area contributed by atoms with Crippen LogP contribution in [0, 0.1) is 0 Å². The lowest BCUT2D eigenvalue weighted by molar-refractivity contribution is 0.356. The number of rotatable bonds is 4. The third kappa shape index (κ3) is 2.81. The Morgan fingerprint density at radius 2 is 2.04 bits per heavy atom. The van der Waals surface area contributed by atoms with Gasteiger partial charge in [0.1, 0.15) is 5.75 Å². The molecule has 6 nitrogen and oxygen atoms in total. The molecule has 1 aliphatic heterocycles. The Hall–Kier alpha value is -2.02. The monoisotopic (exact) mass is 333 g/mol. The van der Waals surface area contributed by atoms with Crippen molar-refractivity contribution in [3.63, 3.8) is 0 Å². The van der Waals surface area contributed by atoms with Crippen LogP contribution >= 0.6 is 0 Å². The maximum Gasteiger partial charge on any atom is 0.263 e. The fourth-order valence-electron chi connectivity index (χ4n) is 3.36. The molecule has 0 bridgehead atoms. The van der Waals surface area contributed by atoms with Gasteiger partial charge in [-0.15, -0.1) is 0 Å². The van der Waals surface area contributed by atoms with Gasteiger partial charge in [0.25, 0.3) is 10.0 Å². The first-order chi connectivity index (χ1) is 11.1. The SMILES string of the molecule is O=S(=O)(Nc1cc(C2CCCC2)[nH]n1)c1ccc2c(c1)CCO2. The zero-order chi connectivity index (χ0) is 15.9. The van der Waals surface area contributed by atoms with E-state index in [2.05, 4.69) is 14.9 Å². The largest absolute Gasteiger partial charge is 0.493 e. The molecule has 4 rings (SSSR count). The van der Waals surface area contributed by atoms with E-state index in [1.54, 1.807) is 18.2 Å². The summed E-state index contributed by atoms with van der Waals surface area (Å²) >= 11 is 0. The Labute approximate surface area is 135 Å². The van der Waals surface area contributed by atoms with E-state index in [0.717, 1.165) is 36.3 Å². The molecule has 1 aromatic carbocycles. The van der Waals surface area contributed by atoms with E-state index < -0.39 is 10.0 Å². The lowest BCUT2D eigenvalue weighted by Gasteiger charge is -2.07. The highest BCUT2D eigenvalue weighted by Gasteiger charge is 2.22. The zero-order valence-electron chi connectivity index (χ0n) is 12.7. The highest BCUT2D eigenvalue weighted by Crippen LogP contribution is 2.34. The molecular formula is C16H19N3O3S. The minimum Gasteiger partial charge on any atom is -0.493 e. The molecule has 1 aliphatic carbocycles. The average molecular weight is 333 g/mol. The van der Waals surface area contributed by atoms with Gasteiger partial charge in [-0.05, 0) is 36.6 Å². The van der Waals surface area contributed by atoms with Crippen LogP contribution < -0.4 is 9.46 Å². The molecule has 0 unspecified atom stereocenters. The predicted octanol–water partition coefficient (Wildman–Crippen LogP) is 2.80. The Bertz CT molecular complexity index is 823. The van der Waals surface area contributed by atoms with E-state index in [1.165, 1.54) is 12.8 Å². The maximum atomic E-state index is 12.5. The number of hydrogen-bond donors (Lipinski definition) is 2. The van der Waals surface area contributed by atoms with Crippen LogP contribution in [-0.4, -0.2) is 25.2 Å². The topological polar surface area (TPSA) is 84.1 Å². The molecule has 7 heteroatoms. The van der Waals surface area contributed by atoms with Crippen molar-refractivity contribution in [1.82, 2.24) is 10.2 Å². The van der Waals surface area contributed by atoms with Crippen LogP contribution in [0.1, 0.15) is 42.9 Å². The second-order valence-electron chi connectivity index (χ2n) is 6.16. The van der Waals surface area contributed by atoms with Gasteiger partial charge in [0.2, 0.25) is 0 Å². The van der Waals surface area contributed by atoms with E-state index in [-0.39, 0.29) is 4.90 Å². The van der Waals surface area contributed by atoms with Crippen molar-refractivity contribution < 1.29 is 13.2 Å². The Morgan fingerprint density at radius 3 is 2.87 bits per heavy atom. The fourth-order valence-corrected chi connectivity index (χ4v) is 4.40. The molecule has 0 radical (unpaired) electrons. The summed E-state index contributed by atoms with van der Waals surface area (Å²) in [5.41, 5.74) is 1.95. The summed E-state index contributed by atoms with van der Waals surface area (Å²) in [4.78, 5) is 0.243. The zero-order valence-corrected chi connectivity index (χ0v) is 13.5. The molecular weight excluding hydrogens is 314 g/mol. The van der Waals surface area contributed by atoms with Gasteiger partial charge in [-0.2, -0.15) is 5.10 Å². The number of benzene rings is 1. The number of hydrogen-bond acceptors (Lipinski definition) is 4. The minimum atomic E-state index is -3.63. The number of sulfonamides is 1. The first-order valence-electron chi connectivity index (χ1n) is 7.96. The normalized spacial score (nSPS) is 17.9. The maximum absolute atomic E-state index is 12.5. The van der Waals surface area contributed by atoms with Crippen molar-refractivity contribution in [1.29, 1.82) is 0 Å². The summed E-state index contributed by atoms with van der Waals surface area (Å²) in [5.74, 6) is 1.59. The minimum absolute atomic E-state index is 0.243. The van der Waals surface area contributed by atoms with Gasteiger partial charge in [-0.1, -0.05) is 12.8 Å². The van der Waals surface area contributed by atoms with Gasteiger partial charge in [0.05, 0.1) is 11.5 Å². The summed E-state index contributed by atoms with van der Waals surface area (Å²) in [5, 5.41) is 7.07. The predicted molar refractivity (Wildman–Crippen MR) is 86.2 cm³/mol. The molecule has 2 N–H and O–H groups in total. The summed E-state index contributed by atoms with van der Waals surface area (Å²) < 4.78 is 33.0. The van der Waals surface area contributed by atoms with Crippen LogP contribution in [0.4, 0.5) is 5.82 Å². The Balaban J connectivity index is 1.55. The van der Waals surface area contributed by atoms with Crippen LogP contribution in [-0.2, 0) is 16.4 Å². The van der Waals surface area contributed by atoms with Gasteiger partial charge in [0, 0.05) is 24.1 Å². The second kappa shape index (κ2) is 5.56. The van der Waals surface area contributed by atoms with Crippen LogP contribution in [0.2, 0.25) is 0 Å². The van der Waals surface area contributed by atoms with Crippen molar-refractivity contribution in [2.75, 3.05) is 11.3 Å². The van der Waals surface area contributed by atoms with E-state index in [9.17, 15) is 8.42 Å². The molecule has 0 atom stereocenters. The Kier molecular flexibility index (Phi) is 3.52. The van der Waals surface area contributed by atoms with Gasteiger partial charge in [-0.3, -0.25) is 9.82 Å². The quantitative estimate of drug-likeness (QED) is 0.901. The first-order valence-corrected chi connectivity index (χ1v) is 9.44. The van der Waals surface area contributed by atoms with Crippen molar-refractivity contribution in [2.24, 2.45) is 0 Å². The molecule has 1 aromatic heterocycles. The number of H-pyrrole nitrogens is 1. The van der Waals surface area contributed by atoms with Gasteiger partial charge in [0.15, 0.2) is 5.82 Å². The van der Waals surface area contributed by atoms with Gasteiger partial charge in [-0.25, -0.2) is 8.42 Å². The molecule has 122 valence electrons. The summed E-state index contributed by atoms with van der Waals surface area (Å²) in [7, 11) is -3.63. The van der Waals surface area contributed by atoms with Crippen LogP contribution in [0.25, 0.3) is 0 Å². The fraction of sp³-hybridized carbons (Fsp3) is 0.438. The lowest BCUT2D eigenvalue weighted by atomic mass is 10.1. The molecule has 1 fully saturated rings. The molecule has 23 heavy (non-hydrogen) atoms. The number of ether oxygens (including phenoxy) is 1.